The van der Waals surface area contributed by atoms with Gasteiger partial charge in [-0.1, -0.05) is 55.5 Å². The second kappa shape index (κ2) is 8.04. The van der Waals surface area contributed by atoms with Gasteiger partial charge in [0.1, 0.15) is 19.8 Å². The third-order valence-corrected chi connectivity index (χ3v) is 5.37. The number of nitrogens with zero attached hydrogens (tertiary/aromatic N) is 2. The van der Waals surface area contributed by atoms with Crippen LogP contribution in [-0.4, -0.2) is 35.5 Å². The summed E-state index contributed by atoms with van der Waals surface area (Å²) in [6.07, 6.45) is 2.96. The monoisotopic (exact) mass is 383 g/mol. The van der Waals surface area contributed by atoms with Crippen LogP contribution in [0.5, 0.6) is 5.75 Å². The highest BCUT2D eigenvalue weighted by Crippen LogP contribution is 2.33. The first-order valence-corrected chi connectivity index (χ1v) is 10.2. The minimum absolute atomic E-state index is 0.143. The summed E-state index contributed by atoms with van der Waals surface area (Å²) in [4.78, 5) is 4.71. The van der Waals surface area contributed by atoms with E-state index in [4.69, 9.17) is 9.72 Å². The van der Waals surface area contributed by atoms with Crippen molar-refractivity contribution in [1.29, 1.82) is 0 Å². The number of fused-ring (bicyclic) bond motifs is 2. The summed E-state index contributed by atoms with van der Waals surface area (Å²) < 4.78 is 8.57. The Kier molecular flexibility index (Phi) is 5.30. The Balaban J connectivity index is 2.06. The molecule has 0 aliphatic heterocycles. The average molecular weight is 384 g/mol. The van der Waals surface area contributed by atoms with Gasteiger partial charge in [-0.2, -0.15) is 0 Å². The summed E-state index contributed by atoms with van der Waals surface area (Å²) in [5.74, 6) is 0.912. The summed E-state index contributed by atoms with van der Waals surface area (Å²) in [5, 5.41) is 3.52. The zero-order chi connectivity index (χ0) is 20.4. The van der Waals surface area contributed by atoms with E-state index in [2.05, 4.69) is 93.2 Å². The van der Waals surface area contributed by atoms with Gasteiger partial charge in [0.2, 0.25) is 5.71 Å². The molecule has 0 bridgehead atoms. The minimum Gasteiger partial charge on any atom is -0.490 e. The van der Waals surface area contributed by atoms with Gasteiger partial charge in [-0.3, -0.25) is 4.98 Å². The molecule has 0 amide bonds. The molecule has 3 aromatic carbocycles. The second-order valence-electron chi connectivity index (χ2n) is 7.62. The highest BCUT2D eigenvalue weighted by atomic mass is 16.5. The molecule has 1 atom stereocenters. The fraction of sp³-hybridized carbons (Fsp3) is 0.231. The van der Waals surface area contributed by atoms with Crippen LogP contribution in [0.3, 0.4) is 0 Å². The van der Waals surface area contributed by atoms with Gasteiger partial charge in [0, 0.05) is 11.6 Å². The zero-order valence-electron chi connectivity index (χ0n) is 17.5. The molecule has 3 heteroatoms. The van der Waals surface area contributed by atoms with Crippen LogP contribution < -0.4 is 4.74 Å². The normalized spacial score (nSPS) is 12.1. The van der Waals surface area contributed by atoms with E-state index in [-0.39, 0.29) is 6.10 Å². The van der Waals surface area contributed by atoms with Crippen molar-refractivity contribution in [3.05, 3.63) is 84.1 Å². The Hall–Kier alpha value is -3.20. The molecule has 1 heterocycles. The van der Waals surface area contributed by atoms with Gasteiger partial charge in [0.25, 0.3) is 0 Å². The fourth-order valence-corrected chi connectivity index (χ4v) is 3.79. The van der Waals surface area contributed by atoms with Crippen LogP contribution in [0.1, 0.15) is 31.4 Å². The van der Waals surface area contributed by atoms with Crippen molar-refractivity contribution in [1.82, 2.24) is 4.98 Å². The largest absolute Gasteiger partial charge is 0.490 e. The van der Waals surface area contributed by atoms with Crippen molar-refractivity contribution in [2.24, 2.45) is 0 Å². The van der Waals surface area contributed by atoms with Crippen molar-refractivity contribution < 1.29 is 9.31 Å². The SMILES string of the molecule is CC[C@@H](C)Oc1ccc2ccccc2c1C(c1cccc2cccnc12)=[N+](C)C. The number of aromatic nitrogens is 1. The molecule has 29 heavy (non-hydrogen) atoms. The van der Waals surface area contributed by atoms with Crippen LogP contribution >= 0.6 is 0 Å². The van der Waals surface area contributed by atoms with E-state index in [9.17, 15) is 0 Å². The first-order valence-electron chi connectivity index (χ1n) is 10.2. The molecule has 4 aromatic rings. The highest BCUT2D eigenvalue weighted by molar-refractivity contribution is 6.22. The standard InChI is InChI=1S/C26H27N2O/c1-5-18(2)29-23-16-15-19-10-6-7-13-21(19)24(23)26(28(3)4)22-14-8-11-20-12-9-17-27-25(20)22/h6-18H,5H2,1-4H3/q+1/t18-/m1/s1. The lowest BCUT2D eigenvalue weighted by molar-refractivity contribution is -0.463. The van der Waals surface area contributed by atoms with Gasteiger partial charge < -0.3 is 4.74 Å². The maximum absolute atomic E-state index is 6.40. The first-order chi connectivity index (χ1) is 14.1. The minimum atomic E-state index is 0.143. The molecule has 3 nitrogen and oxygen atoms in total. The predicted molar refractivity (Wildman–Crippen MR) is 121 cm³/mol. The quantitative estimate of drug-likeness (QED) is 0.327. The molecular weight excluding hydrogens is 356 g/mol. The molecule has 0 aliphatic rings. The smallest absolute Gasteiger partial charge is 0.220 e. The van der Waals surface area contributed by atoms with E-state index >= 15 is 0 Å². The van der Waals surface area contributed by atoms with Crippen LogP contribution in [0.25, 0.3) is 21.7 Å². The van der Waals surface area contributed by atoms with Crippen LogP contribution in [0.4, 0.5) is 0 Å². The molecule has 4 rings (SSSR count). The number of ether oxygens (including phenoxy) is 1. The third-order valence-electron chi connectivity index (χ3n) is 5.37. The number of para-hydroxylation sites is 1. The third kappa shape index (κ3) is 3.61. The topological polar surface area (TPSA) is 25.1 Å². The van der Waals surface area contributed by atoms with E-state index in [1.54, 1.807) is 0 Å². The molecule has 0 radical (unpaired) electrons. The zero-order valence-corrected chi connectivity index (χ0v) is 17.5. The fourth-order valence-electron chi connectivity index (χ4n) is 3.79. The van der Waals surface area contributed by atoms with Gasteiger partial charge in [-0.15, -0.1) is 0 Å². The molecule has 146 valence electrons. The number of hydrogen-bond donors (Lipinski definition) is 0. The van der Waals surface area contributed by atoms with Gasteiger partial charge in [0.05, 0.1) is 22.7 Å². The van der Waals surface area contributed by atoms with Crippen LogP contribution in [0.15, 0.2) is 72.9 Å². The Morgan fingerprint density at radius 2 is 1.69 bits per heavy atom. The van der Waals surface area contributed by atoms with Gasteiger partial charge in [-0.05, 0) is 42.3 Å². The molecule has 1 aromatic heterocycles. The highest BCUT2D eigenvalue weighted by Gasteiger charge is 2.25. The summed E-state index contributed by atoms with van der Waals surface area (Å²) >= 11 is 0. The van der Waals surface area contributed by atoms with Crippen molar-refractivity contribution in [2.45, 2.75) is 26.4 Å². The van der Waals surface area contributed by atoms with Crippen LogP contribution in [0.2, 0.25) is 0 Å². The van der Waals surface area contributed by atoms with Gasteiger partial charge in [0.15, 0.2) is 0 Å². The lowest BCUT2D eigenvalue weighted by Gasteiger charge is -2.18. The van der Waals surface area contributed by atoms with Crippen molar-refractivity contribution >= 4 is 27.4 Å². The lowest BCUT2D eigenvalue weighted by atomic mass is 9.93. The molecule has 0 saturated carbocycles. The van der Waals surface area contributed by atoms with Crippen molar-refractivity contribution in [3.8, 4) is 5.75 Å². The second-order valence-corrected chi connectivity index (χ2v) is 7.62. The number of benzene rings is 3. The lowest BCUT2D eigenvalue weighted by Crippen LogP contribution is -2.20. The Morgan fingerprint density at radius 1 is 0.931 bits per heavy atom. The summed E-state index contributed by atoms with van der Waals surface area (Å²) in [5.41, 5.74) is 4.34. The Bertz CT molecular complexity index is 1200. The maximum atomic E-state index is 6.40. The number of rotatable bonds is 5. The van der Waals surface area contributed by atoms with Gasteiger partial charge in [-0.25, -0.2) is 4.58 Å². The molecule has 0 N–H and O–H groups in total. The maximum Gasteiger partial charge on any atom is 0.220 e. The van der Waals surface area contributed by atoms with Crippen molar-refractivity contribution in [3.63, 3.8) is 0 Å². The molecular formula is C26H27N2O+. The van der Waals surface area contributed by atoms with E-state index in [0.29, 0.717) is 0 Å². The molecule has 0 aliphatic carbocycles. The van der Waals surface area contributed by atoms with Crippen LogP contribution in [0, 0.1) is 0 Å². The Morgan fingerprint density at radius 3 is 2.48 bits per heavy atom. The van der Waals surface area contributed by atoms with Crippen molar-refractivity contribution in [2.75, 3.05) is 14.1 Å². The summed E-state index contributed by atoms with van der Waals surface area (Å²) in [6.45, 7) is 4.27. The molecule has 0 spiro atoms. The van der Waals surface area contributed by atoms with E-state index in [0.717, 1.165) is 39.9 Å². The molecule has 0 unspecified atom stereocenters. The molecule has 0 fully saturated rings. The molecule has 0 saturated heterocycles. The average Bonchev–Trinajstić information content (AvgIpc) is 2.75. The van der Waals surface area contributed by atoms with E-state index in [1.165, 1.54) is 10.8 Å². The number of hydrogen-bond acceptors (Lipinski definition) is 2. The summed E-state index contributed by atoms with van der Waals surface area (Å²) in [6, 6.07) is 23.2. The Labute approximate surface area is 172 Å². The van der Waals surface area contributed by atoms with Crippen LogP contribution in [-0.2, 0) is 0 Å². The predicted octanol–water partition coefficient (Wildman–Crippen LogP) is 5.67. The van der Waals surface area contributed by atoms with Gasteiger partial charge >= 0.3 is 0 Å². The van der Waals surface area contributed by atoms with E-state index in [1.807, 2.05) is 12.3 Å². The number of pyridine rings is 1. The summed E-state index contributed by atoms with van der Waals surface area (Å²) in [7, 11) is 4.18. The first kappa shape index (κ1) is 19.1. The van der Waals surface area contributed by atoms with E-state index < -0.39 is 0 Å².